The summed E-state index contributed by atoms with van der Waals surface area (Å²) in [6.45, 7) is 0. The van der Waals surface area contributed by atoms with E-state index in [4.69, 9.17) is 26.8 Å². The van der Waals surface area contributed by atoms with Gasteiger partial charge in [-0.2, -0.15) is 0 Å². The highest BCUT2D eigenvalue weighted by Crippen LogP contribution is 2.33. The molecule has 0 aliphatic carbocycles. The molecule has 0 radical (unpaired) electrons. The van der Waals surface area contributed by atoms with E-state index in [1.54, 1.807) is 30.9 Å². The summed E-state index contributed by atoms with van der Waals surface area (Å²) in [6.07, 6.45) is 0. The van der Waals surface area contributed by atoms with Gasteiger partial charge in [0, 0.05) is 6.07 Å². The molecule has 0 fully saturated rings. The first-order valence-electron chi connectivity index (χ1n) is 6.30. The molecule has 3 aromatic rings. The highest BCUT2D eigenvalue weighted by Gasteiger charge is 2.16. The number of nitrogen functional groups attached to an aromatic ring is 1. The monoisotopic (exact) mass is 303 g/mol. The number of hydrogen-bond acceptors (Lipinski definition) is 4. The van der Waals surface area contributed by atoms with Gasteiger partial charge in [-0.3, -0.25) is 4.57 Å². The smallest absolute Gasteiger partial charge is 0.206 e. The van der Waals surface area contributed by atoms with Crippen molar-refractivity contribution in [2.24, 2.45) is 0 Å². The second kappa shape index (κ2) is 5.18. The molecule has 1 aromatic heterocycles. The Balaban J connectivity index is 2.33. The van der Waals surface area contributed by atoms with E-state index >= 15 is 0 Å². The average Bonchev–Trinajstić information content (AvgIpc) is 2.83. The van der Waals surface area contributed by atoms with Crippen molar-refractivity contribution >= 4 is 28.6 Å². The summed E-state index contributed by atoms with van der Waals surface area (Å²) in [6, 6.07) is 11.0. The predicted octanol–water partition coefficient (Wildman–Crippen LogP) is 3.28. The van der Waals surface area contributed by atoms with Gasteiger partial charge in [-0.25, -0.2) is 4.98 Å². The quantitative estimate of drug-likeness (QED) is 0.806. The Hall–Kier alpha value is -2.40. The van der Waals surface area contributed by atoms with Crippen LogP contribution < -0.4 is 15.2 Å². The zero-order chi connectivity index (χ0) is 15.0. The van der Waals surface area contributed by atoms with Crippen LogP contribution in [0.25, 0.3) is 16.7 Å². The minimum absolute atomic E-state index is 0.338. The molecule has 5 nitrogen and oxygen atoms in total. The number of para-hydroxylation sites is 1. The highest BCUT2D eigenvalue weighted by atomic mass is 35.5. The minimum Gasteiger partial charge on any atom is -0.497 e. The number of fused-ring (bicyclic) bond motifs is 1. The zero-order valence-electron chi connectivity index (χ0n) is 11.6. The fourth-order valence-corrected chi connectivity index (χ4v) is 2.50. The Bertz CT molecular complexity index is 814. The Morgan fingerprint density at radius 1 is 1.14 bits per heavy atom. The maximum atomic E-state index is 6.30. The van der Waals surface area contributed by atoms with Crippen LogP contribution in [0.1, 0.15) is 0 Å². The van der Waals surface area contributed by atoms with Crippen LogP contribution in [-0.4, -0.2) is 23.8 Å². The second-order valence-corrected chi connectivity index (χ2v) is 4.86. The molecule has 0 bridgehead atoms. The molecule has 108 valence electrons. The number of methoxy groups -OCH3 is 2. The molecule has 0 atom stereocenters. The Labute approximate surface area is 126 Å². The normalized spacial score (nSPS) is 10.8. The zero-order valence-corrected chi connectivity index (χ0v) is 12.4. The molecular formula is C15H14ClN3O2. The van der Waals surface area contributed by atoms with Gasteiger partial charge >= 0.3 is 0 Å². The molecule has 2 N–H and O–H groups in total. The lowest BCUT2D eigenvalue weighted by Crippen LogP contribution is -2.01. The Kier molecular flexibility index (Phi) is 3.35. The minimum atomic E-state index is 0.338. The lowest BCUT2D eigenvalue weighted by atomic mass is 10.2. The number of rotatable bonds is 3. The van der Waals surface area contributed by atoms with Gasteiger partial charge in [-0.15, -0.1) is 0 Å². The van der Waals surface area contributed by atoms with Gasteiger partial charge in [-0.05, 0) is 24.3 Å². The third-order valence-corrected chi connectivity index (χ3v) is 3.61. The highest BCUT2D eigenvalue weighted by molar-refractivity contribution is 6.32. The lowest BCUT2D eigenvalue weighted by molar-refractivity contribution is 0.414. The number of imidazole rings is 1. The molecule has 0 aliphatic heterocycles. The van der Waals surface area contributed by atoms with Gasteiger partial charge in [0.05, 0.1) is 30.4 Å². The number of ether oxygens (including phenoxy) is 2. The van der Waals surface area contributed by atoms with Gasteiger partial charge in [0.25, 0.3) is 0 Å². The van der Waals surface area contributed by atoms with Crippen LogP contribution in [0.3, 0.4) is 0 Å². The first-order valence-corrected chi connectivity index (χ1v) is 6.68. The molecule has 6 heteroatoms. The number of nitrogens with two attached hydrogens (primary N) is 1. The first-order chi connectivity index (χ1) is 10.2. The molecule has 0 unspecified atom stereocenters. The van der Waals surface area contributed by atoms with Gasteiger partial charge in [0.15, 0.2) is 0 Å². The summed E-state index contributed by atoms with van der Waals surface area (Å²) in [4.78, 5) is 4.37. The summed E-state index contributed by atoms with van der Waals surface area (Å²) in [5, 5.41) is 0.560. The Morgan fingerprint density at radius 2 is 1.95 bits per heavy atom. The van der Waals surface area contributed by atoms with Gasteiger partial charge in [0.2, 0.25) is 5.95 Å². The fraction of sp³-hybridized carbons (Fsp3) is 0.133. The van der Waals surface area contributed by atoms with Gasteiger partial charge < -0.3 is 15.2 Å². The fourth-order valence-electron chi connectivity index (χ4n) is 2.30. The van der Waals surface area contributed by atoms with Crippen LogP contribution in [0.4, 0.5) is 5.95 Å². The van der Waals surface area contributed by atoms with Crippen molar-refractivity contribution in [1.29, 1.82) is 0 Å². The van der Waals surface area contributed by atoms with E-state index in [9.17, 15) is 0 Å². The number of halogens is 1. The first kappa shape index (κ1) is 13.6. The maximum absolute atomic E-state index is 6.30. The predicted molar refractivity (Wildman–Crippen MR) is 83.6 cm³/mol. The van der Waals surface area contributed by atoms with E-state index in [1.807, 2.05) is 24.3 Å². The van der Waals surface area contributed by atoms with Crippen LogP contribution in [0.15, 0.2) is 36.4 Å². The SMILES string of the molecule is COc1ccc(Cl)c(-n2c(N)nc3c(OC)cccc32)c1. The number of aromatic nitrogens is 2. The van der Waals surface area contributed by atoms with E-state index in [2.05, 4.69) is 4.98 Å². The Morgan fingerprint density at radius 3 is 2.67 bits per heavy atom. The molecule has 21 heavy (non-hydrogen) atoms. The van der Waals surface area contributed by atoms with Crippen molar-refractivity contribution < 1.29 is 9.47 Å². The van der Waals surface area contributed by atoms with Gasteiger partial charge in [0.1, 0.15) is 17.0 Å². The maximum Gasteiger partial charge on any atom is 0.206 e. The van der Waals surface area contributed by atoms with Crippen molar-refractivity contribution in [3.63, 3.8) is 0 Å². The van der Waals surface area contributed by atoms with E-state index in [-0.39, 0.29) is 0 Å². The molecule has 1 heterocycles. The molecule has 2 aromatic carbocycles. The molecule has 0 aliphatic rings. The largest absolute Gasteiger partial charge is 0.497 e. The second-order valence-electron chi connectivity index (χ2n) is 4.45. The summed E-state index contributed by atoms with van der Waals surface area (Å²) in [7, 11) is 3.20. The van der Waals surface area contributed by atoms with E-state index in [1.165, 1.54) is 0 Å². The number of nitrogens with zero attached hydrogens (tertiary/aromatic N) is 2. The van der Waals surface area contributed by atoms with E-state index in [0.29, 0.717) is 33.7 Å². The average molecular weight is 304 g/mol. The molecule has 3 rings (SSSR count). The van der Waals surface area contributed by atoms with Gasteiger partial charge in [-0.1, -0.05) is 17.7 Å². The topological polar surface area (TPSA) is 62.3 Å². The standard InChI is InChI=1S/C15H14ClN3O2/c1-20-9-6-7-10(16)12(8-9)19-11-4-3-5-13(21-2)14(11)18-15(19)17/h3-8H,1-2H3,(H2,17,18). The van der Waals surface area contributed by atoms with E-state index in [0.717, 1.165) is 5.52 Å². The van der Waals surface area contributed by atoms with Crippen LogP contribution in [0.2, 0.25) is 5.02 Å². The molecule has 0 amide bonds. The molecular weight excluding hydrogens is 290 g/mol. The third-order valence-electron chi connectivity index (χ3n) is 3.29. The van der Waals surface area contributed by atoms with Crippen molar-refractivity contribution in [1.82, 2.24) is 9.55 Å². The number of hydrogen-bond donors (Lipinski definition) is 1. The third kappa shape index (κ3) is 2.15. The number of benzene rings is 2. The lowest BCUT2D eigenvalue weighted by Gasteiger charge is -2.10. The number of anilines is 1. The summed E-state index contributed by atoms with van der Waals surface area (Å²) >= 11 is 6.30. The summed E-state index contributed by atoms with van der Waals surface area (Å²) in [5.41, 5.74) is 8.29. The van der Waals surface area contributed by atoms with Crippen LogP contribution in [0.5, 0.6) is 11.5 Å². The molecule has 0 saturated heterocycles. The van der Waals surface area contributed by atoms with Crippen LogP contribution >= 0.6 is 11.6 Å². The van der Waals surface area contributed by atoms with Crippen molar-refractivity contribution in [3.8, 4) is 17.2 Å². The summed E-state index contributed by atoms with van der Waals surface area (Å²) in [5.74, 6) is 1.69. The van der Waals surface area contributed by atoms with Crippen molar-refractivity contribution in [2.45, 2.75) is 0 Å². The molecule has 0 spiro atoms. The van der Waals surface area contributed by atoms with E-state index < -0.39 is 0 Å². The van der Waals surface area contributed by atoms with Crippen LogP contribution in [-0.2, 0) is 0 Å². The van der Waals surface area contributed by atoms with Crippen LogP contribution in [0, 0.1) is 0 Å². The van der Waals surface area contributed by atoms with Crippen molar-refractivity contribution in [2.75, 3.05) is 20.0 Å². The summed E-state index contributed by atoms with van der Waals surface area (Å²) < 4.78 is 12.3. The molecule has 0 saturated carbocycles. The van der Waals surface area contributed by atoms with Crippen molar-refractivity contribution in [3.05, 3.63) is 41.4 Å².